The van der Waals surface area contributed by atoms with Crippen LogP contribution in [0.5, 0.6) is 11.5 Å². The van der Waals surface area contributed by atoms with Crippen LogP contribution in [0, 0.1) is 5.82 Å². The van der Waals surface area contributed by atoms with Crippen molar-refractivity contribution >= 4 is 56.1 Å². The minimum Gasteiger partial charge on any atom is -0.493 e. The zero-order chi connectivity index (χ0) is 20.5. The van der Waals surface area contributed by atoms with Gasteiger partial charge in [-0.15, -0.1) is 0 Å². The Balaban J connectivity index is 1.91. The lowest BCUT2D eigenvalue weighted by Crippen LogP contribution is -2.27. The fourth-order valence-electron chi connectivity index (χ4n) is 2.46. The van der Waals surface area contributed by atoms with E-state index in [-0.39, 0.29) is 21.7 Å². The van der Waals surface area contributed by atoms with Crippen LogP contribution in [0.15, 0.2) is 47.4 Å². The first-order valence-corrected chi connectivity index (χ1v) is 10.8. The average Bonchev–Trinajstić information content (AvgIpc) is 2.88. The molecule has 0 saturated carbocycles. The van der Waals surface area contributed by atoms with Gasteiger partial charge >= 0.3 is 10.1 Å². The number of nitrogens with zero attached hydrogens (tertiary/aromatic N) is 1. The van der Waals surface area contributed by atoms with E-state index >= 15 is 0 Å². The molecule has 1 aliphatic heterocycles. The molecule has 6 nitrogen and oxygen atoms in total. The Hall–Kier alpha value is -2.43. The summed E-state index contributed by atoms with van der Waals surface area (Å²) in [5.41, 5.74) is 0.929. The van der Waals surface area contributed by atoms with Gasteiger partial charge in [0.2, 0.25) is 0 Å². The number of halogens is 1. The highest BCUT2D eigenvalue weighted by molar-refractivity contribution is 8.27. The molecule has 10 heteroatoms. The Labute approximate surface area is 171 Å². The summed E-state index contributed by atoms with van der Waals surface area (Å²) in [4.78, 5) is 14.3. The molecule has 28 heavy (non-hydrogen) atoms. The Morgan fingerprint density at radius 3 is 2.57 bits per heavy atom. The van der Waals surface area contributed by atoms with Crippen molar-refractivity contribution in [1.29, 1.82) is 0 Å². The van der Waals surface area contributed by atoms with Crippen LogP contribution in [0.4, 0.5) is 10.1 Å². The quantitative estimate of drug-likeness (QED) is 0.401. The second-order valence-electron chi connectivity index (χ2n) is 5.69. The summed E-state index contributed by atoms with van der Waals surface area (Å²) in [6.07, 6.45) is 2.52. The highest BCUT2D eigenvalue weighted by Gasteiger charge is 2.33. The van der Waals surface area contributed by atoms with Crippen LogP contribution in [0.1, 0.15) is 5.56 Å². The zero-order valence-electron chi connectivity index (χ0n) is 14.7. The van der Waals surface area contributed by atoms with Crippen molar-refractivity contribution in [3.63, 3.8) is 0 Å². The second-order valence-corrected chi connectivity index (χ2v) is 8.95. The lowest BCUT2D eigenvalue weighted by Gasteiger charge is -2.14. The molecule has 0 atom stereocenters. The minimum atomic E-state index is -3.71. The molecule has 1 fully saturated rings. The van der Waals surface area contributed by atoms with Crippen molar-refractivity contribution in [2.45, 2.75) is 0 Å². The van der Waals surface area contributed by atoms with Crippen molar-refractivity contribution in [3.05, 3.63) is 58.8 Å². The molecule has 3 rings (SSSR count). The van der Waals surface area contributed by atoms with Gasteiger partial charge in [-0.25, -0.2) is 4.39 Å². The van der Waals surface area contributed by atoms with Gasteiger partial charge in [0.15, 0.2) is 15.8 Å². The van der Waals surface area contributed by atoms with Crippen molar-refractivity contribution in [1.82, 2.24) is 0 Å². The van der Waals surface area contributed by atoms with Gasteiger partial charge in [-0.1, -0.05) is 36.1 Å². The molecule has 1 amide bonds. The maximum atomic E-state index is 13.5. The van der Waals surface area contributed by atoms with E-state index in [9.17, 15) is 17.6 Å². The highest BCUT2D eigenvalue weighted by Crippen LogP contribution is 2.37. The van der Waals surface area contributed by atoms with Crippen LogP contribution in [0.2, 0.25) is 0 Å². The van der Waals surface area contributed by atoms with Gasteiger partial charge in [-0.3, -0.25) is 9.69 Å². The van der Waals surface area contributed by atoms with E-state index in [1.165, 1.54) is 42.3 Å². The molecule has 0 unspecified atom stereocenters. The van der Waals surface area contributed by atoms with Gasteiger partial charge in [0.05, 0.1) is 24.0 Å². The summed E-state index contributed by atoms with van der Waals surface area (Å²) in [6, 6.07) is 10.2. The van der Waals surface area contributed by atoms with Gasteiger partial charge in [0, 0.05) is 0 Å². The minimum absolute atomic E-state index is 0.0365. The number of methoxy groups -OCH3 is 1. The first-order valence-electron chi connectivity index (χ1n) is 7.79. The second kappa shape index (κ2) is 7.90. The molecule has 2 aromatic rings. The average molecular weight is 440 g/mol. The Morgan fingerprint density at radius 1 is 1.18 bits per heavy atom. The number of carbonyl (C=O) groups is 1. The van der Waals surface area contributed by atoms with E-state index in [0.29, 0.717) is 16.2 Å². The van der Waals surface area contributed by atoms with Gasteiger partial charge in [-0.05, 0) is 42.0 Å². The first kappa shape index (κ1) is 20.3. The van der Waals surface area contributed by atoms with Crippen molar-refractivity contribution in [2.75, 3.05) is 18.3 Å². The molecule has 0 radical (unpaired) electrons. The number of benzene rings is 2. The topological polar surface area (TPSA) is 72.9 Å². The van der Waals surface area contributed by atoms with Crippen LogP contribution in [0.25, 0.3) is 6.08 Å². The highest BCUT2D eigenvalue weighted by atomic mass is 32.2. The number of hydrogen-bond acceptors (Lipinski definition) is 7. The molecule has 2 aromatic carbocycles. The lowest BCUT2D eigenvalue weighted by molar-refractivity contribution is -0.113. The smallest absolute Gasteiger partial charge is 0.306 e. The van der Waals surface area contributed by atoms with Gasteiger partial charge in [0.25, 0.3) is 5.91 Å². The van der Waals surface area contributed by atoms with Crippen molar-refractivity contribution in [2.24, 2.45) is 0 Å². The molecular weight excluding hydrogens is 425 g/mol. The number of thiocarbonyl (C=S) groups is 1. The summed E-state index contributed by atoms with van der Waals surface area (Å²) in [7, 11) is -2.34. The third kappa shape index (κ3) is 4.51. The summed E-state index contributed by atoms with van der Waals surface area (Å²) in [5.74, 6) is -0.619. The summed E-state index contributed by atoms with van der Waals surface area (Å²) < 4.78 is 46.4. The molecule has 1 saturated heterocycles. The summed E-state index contributed by atoms with van der Waals surface area (Å²) in [6.45, 7) is 0. The molecule has 0 N–H and O–H groups in total. The fraction of sp³-hybridized carbons (Fsp3) is 0.111. The number of amides is 1. The number of ether oxygens (including phenoxy) is 1. The van der Waals surface area contributed by atoms with E-state index in [1.54, 1.807) is 18.2 Å². The Kier molecular flexibility index (Phi) is 5.73. The van der Waals surface area contributed by atoms with Gasteiger partial charge in [0.1, 0.15) is 5.82 Å². The summed E-state index contributed by atoms with van der Waals surface area (Å²) >= 11 is 6.34. The van der Waals surface area contributed by atoms with E-state index in [2.05, 4.69) is 0 Å². The maximum Gasteiger partial charge on any atom is 0.306 e. The van der Waals surface area contributed by atoms with Crippen molar-refractivity contribution in [3.8, 4) is 11.5 Å². The number of rotatable bonds is 5. The molecule has 1 heterocycles. The number of hydrogen-bond donors (Lipinski definition) is 0. The maximum absolute atomic E-state index is 13.5. The van der Waals surface area contributed by atoms with E-state index in [0.717, 1.165) is 18.0 Å². The lowest BCUT2D eigenvalue weighted by atomic mass is 10.2. The number of carbonyl (C=O) groups excluding carboxylic acids is 1. The van der Waals surface area contributed by atoms with Gasteiger partial charge < -0.3 is 8.92 Å². The van der Waals surface area contributed by atoms with E-state index < -0.39 is 15.9 Å². The van der Waals surface area contributed by atoms with Crippen LogP contribution in [-0.4, -0.2) is 32.0 Å². The monoisotopic (exact) mass is 439 g/mol. The molecule has 1 aliphatic rings. The standard InChI is InChI=1S/C18H14FNO5S3/c1-24-15-8-11(6-7-14(15)25-28(2,22)23)9-16-17(21)20(18(26)27-16)13-5-3-4-12(19)10-13/h3-10H,1-2H3. The first-order chi connectivity index (χ1) is 13.2. The molecular formula is C18H14FNO5S3. The normalized spacial score (nSPS) is 16.0. The Bertz CT molecular complexity index is 1100. The molecule has 0 aliphatic carbocycles. The van der Waals surface area contributed by atoms with Gasteiger partial charge in [-0.2, -0.15) is 8.42 Å². The number of thioether (sulfide) groups is 1. The predicted octanol–water partition coefficient (Wildman–Crippen LogP) is 3.58. The fourth-order valence-corrected chi connectivity index (χ4v) is 4.23. The van der Waals surface area contributed by atoms with Crippen molar-refractivity contribution < 1.29 is 26.5 Å². The molecule has 0 bridgehead atoms. The molecule has 0 spiro atoms. The van der Waals surface area contributed by atoms with Crippen LogP contribution in [0.3, 0.4) is 0 Å². The Morgan fingerprint density at radius 2 is 1.93 bits per heavy atom. The van der Waals surface area contributed by atoms with Crippen LogP contribution >= 0.6 is 24.0 Å². The molecule has 0 aromatic heterocycles. The SMILES string of the molecule is COc1cc(C=C2SC(=S)N(c3cccc(F)c3)C2=O)ccc1OS(C)(=O)=O. The largest absolute Gasteiger partial charge is 0.493 e. The number of anilines is 1. The third-order valence-electron chi connectivity index (χ3n) is 3.59. The van der Waals surface area contributed by atoms with Crippen LogP contribution in [-0.2, 0) is 14.9 Å². The predicted molar refractivity (Wildman–Crippen MR) is 111 cm³/mol. The van der Waals surface area contributed by atoms with Crippen LogP contribution < -0.4 is 13.8 Å². The zero-order valence-corrected chi connectivity index (χ0v) is 17.2. The third-order valence-corrected chi connectivity index (χ3v) is 5.37. The summed E-state index contributed by atoms with van der Waals surface area (Å²) in [5, 5.41) is 0. The van der Waals surface area contributed by atoms with E-state index in [4.69, 9.17) is 21.1 Å². The molecule has 146 valence electrons. The van der Waals surface area contributed by atoms with E-state index in [1.807, 2.05) is 0 Å².